The van der Waals surface area contributed by atoms with Crippen molar-refractivity contribution in [1.82, 2.24) is 10.2 Å². The molecule has 1 atom stereocenters. The van der Waals surface area contributed by atoms with Crippen LogP contribution in [0, 0.1) is 18.3 Å². The molecular weight excluding hydrogens is 274 g/mol. The number of nitrogens with one attached hydrogen (secondary N) is 1. The van der Waals surface area contributed by atoms with Gasteiger partial charge in [-0.05, 0) is 30.9 Å². The SMILES string of the molecule is Cc1cc2ccccc2c(OC(C)N2CCNCC2)c1C#N. The summed E-state index contributed by atoms with van der Waals surface area (Å²) < 4.78 is 6.25. The zero-order valence-corrected chi connectivity index (χ0v) is 13.1. The fourth-order valence-electron chi connectivity index (χ4n) is 3.00. The number of aryl methyl sites for hydroxylation is 1. The normalized spacial score (nSPS) is 17.1. The number of rotatable bonds is 3. The van der Waals surface area contributed by atoms with Crippen LogP contribution in [0.3, 0.4) is 0 Å². The van der Waals surface area contributed by atoms with Crippen LogP contribution < -0.4 is 10.1 Å². The van der Waals surface area contributed by atoms with E-state index in [-0.39, 0.29) is 6.23 Å². The van der Waals surface area contributed by atoms with Crippen LogP contribution in [0.5, 0.6) is 5.75 Å². The van der Waals surface area contributed by atoms with Crippen molar-refractivity contribution in [3.63, 3.8) is 0 Å². The molecule has 1 N–H and O–H groups in total. The topological polar surface area (TPSA) is 48.3 Å². The third kappa shape index (κ3) is 2.78. The third-order valence-electron chi connectivity index (χ3n) is 4.26. The molecule has 1 aliphatic heterocycles. The van der Waals surface area contributed by atoms with Crippen LogP contribution in [-0.4, -0.2) is 37.3 Å². The molecule has 0 aromatic heterocycles. The van der Waals surface area contributed by atoms with Gasteiger partial charge in [-0.1, -0.05) is 24.3 Å². The molecule has 1 aliphatic rings. The zero-order chi connectivity index (χ0) is 15.5. The Balaban J connectivity index is 1.99. The van der Waals surface area contributed by atoms with E-state index in [0.29, 0.717) is 11.3 Å². The van der Waals surface area contributed by atoms with Gasteiger partial charge in [0, 0.05) is 31.6 Å². The first-order valence-corrected chi connectivity index (χ1v) is 7.74. The summed E-state index contributed by atoms with van der Waals surface area (Å²) in [5.41, 5.74) is 1.60. The smallest absolute Gasteiger partial charge is 0.150 e. The summed E-state index contributed by atoms with van der Waals surface area (Å²) >= 11 is 0. The Morgan fingerprint density at radius 3 is 2.73 bits per heavy atom. The highest BCUT2D eigenvalue weighted by Gasteiger charge is 2.21. The Morgan fingerprint density at radius 1 is 1.27 bits per heavy atom. The van der Waals surface area contributed by atoms with Gasteiger partial charge in [0.25, 0.3) is 0 Å². The van der Waals surface area contributed by atoms with Gasteiger partial charge in [-0.15, -0.1) is 0 Å². The molecule has 0 bridgehead atoms. The average molecular weight is 295 g/mol. The minimum Gasteiger partial charge on any atom is -0.473 e. The average Bonchev–Trinajstić information content (AvgIpc) is 2.55. The first-order chi connectivity index (χ1) is 10.7. The van der Waals surface area contributed by atoms with Crippen LogP contribution in [0.15, 0.2) is 30.3 Å². The molecule has 1 saturated heterocycles. The lowest BCUT2D eigenvalue weighted by molar-refractivity contribution is 0.0320. The number of ether oxygens (including phenoxy) is 1. The minimum absolute atomic E-state index is 0.0422. The standard InChI is InChI=1S/C18H21N3O/c1-13-11-15-5-3-4-6-16(15)18(17(13)12-19)22-14(2)21-9-7-20-8-10-21/h3-6,11,14,20H,7-10H2,1-2H3. The van der Waals surface area contributed by atoms with Gasteiger partial charge in [-0.25, -0.2) is 0 Å². The maximum Gasteiger partial charge on any atom is 0.150 e. The highest BCUT2D eigenvalue weighted by Crippen LogP contribution is 2.33. The first kappa shape index (κ1) is 14.8. The monoisotopic (exact) mass is 295 g/mol. The molecule has 1 unspecified atom stereocenters. The van der Waals surface area contributed by atoms with Gasteiger partial charge in [0.15, 0.2) is 0 Å². The lowest BCUT2D eigenvalue weighted by Gasteiger charge is -2.33. The van der Waals surface area contributed by atoms with Crippen molar-refractivity contribution in [3.8, 4) is 11.8 Å². The largest absolute Gasteiger partial charge is 0.473 e. The van der Waals surface area contributed by atoms with Gasteiger partial charge in [0.2, 0.25) is 0 Å². The molecule has 22 heavy (non-hydrogen) atoms. The predicted octanol–water partition coefficient (Wildman–Crippen LogP) is 2.65. The number of nitriles is 1. The van der Waals surface area contributed by atoms with Gasteiger partial charge in [-0.2, -0.15) is 5.26 Å². The first-order valence-electron chi connectivity index (χ1n) is 7.74. The van der Waals surface area contributed by atoms with Crippen molar-refractivity contribution in [2.75, 3.05) is 26.2 Å². The van der Waals surface area contributed by atoms with Crippen LogP contribution in [0.1, 0.15) is 18.1 Å². The predicted molar refractivity (Wildman–Crippen MR) is 87.9 cm³/mol. The molecule has 0 spiro atoms. The lowest BCUT2D eigenvalue weighted by atomic mass is 10.0. The van der Waals surface area contributed by atoms with Gasteiger partial charge in [-0.3, -0.25) is 4.90 Å². The second-order valence-electron chi connectivity index (χ2n) is 5.73. The fourth-order valence-corrected chi connectivity index (χ4v) is 3.00. The molecule has 0 aliphatic carbocycles. The summed E-state index contributed by atoms with van der Waals surface area (Å²) in [6.45, 7) is 7.91. The number of fused-ring (bicyclic) bond motifs is 1. The number of hydrogen-bond acceptors (Lipinski definition) is 4. The van der Waals surface area contributed by atoms with Crippen molar-refractivity contribution in [3.05, 3.63) is 41.5 Å². The Labute approximate surface area is 131 Å². The van der Waals surface area contributed by atoms with Crippen LogP contribution in [0.25, 0.3) is 10.8 Å². The van der Waals surface area contributed by atoms with Gasteiger partial charge >= 0.3 is 0 Å². The molecular formula is C18H21N3O. The number of hydrogen-bond donors (Lipinski definition) is 1. The molecule has 0 amide bonds. The molecule has 0 radical (unpaired) electrons. The maximum absolute atomic E-state index is 9.53. The molecule has 114 valence electrons. The number of benzene rings is 2. The second kappa shape index (κ2) is 6.35. The summed E-state index contributed by atoms with van der Waals surface area (Å²) in [5, 5.41) is 15.0. The van der Waals surface area contributed by atoms with Crippen molar-refractivity contribution in [2.24, 2.45) is 0 Å². The summed E-state index contributed by atoms with van der Waals surface area (Å²) in [5.74, 6) is 0.712. The molecule has 4 heteroatoms. The van der Waals surface area contributed by atoms with Crippen molar-refractivity contribution < 1.29 is 4.74 Å². The van der Waals surface area contributed by atoms with E-state index in [0.717, 1.165) is 42.5 Å². The Bertz CT molecular complexity index is 714. The molecule has 4 nitrogen and oxygen atoms in total. The molecule has 2 aromatic rings. The quantitative estimate of drug-likeness (QED) is 0.945. The Morgan fingerprint density at radius 2 is 2.00 bits per heavy atom. The lowest BCUT2D eigenvalue weighted by Crippen LogP contribution is -2.49. The van der Waals surface area contributed by atoms with E-state index >= 15 is 0 Å². The van der Waals surface area contributed by atoms with Gasteiger partial charge < -0.3 is 10.1 Å². The highest BCUT2D eigenvalue weighted by molar-refractivity contribution is 5.91. The molecule has 2 aromatic carbocycles. The zero-order valence-electron chi connectivity index (χ0n) is 13.1. The van der Waals surface area contributed by atoms with Crippen LogP contribution >= 0.6 is 0 Å². The van der Waals surface area contributed by atoms with E-state index in [9.17, 15) is 5.26 Å². The van der Waals surface area contributed by atoms with E-state index in [1.54, 1.807) is 0 Å². The highest BCUT2D eigenvalue weighted by atomic mass is 16.5. The van der Waals surface area contributed by atoms with Crippen molar-refractivity contribution in [2.45, 2.75) is 20.1 Å². The molecule has 1 fully saturated rings. The Hall–Kier alpha value is -2.09. The van der Waals surface area contributed by atoms with E-state index in [4.69, 9.17) is 4.74 Å². The fraction of sp³-hybridized carbons (Fsp3) is 0.389. The molecule has 3 rings (SSSR count). The number of piperazine rings is 1. The van der Waals surface area contributed by atoms with E-state index in [1.807, 2.05) is 25.1 Å². The molecule has 0 saturated carbocycles. The summed E-state index contributed by atoms with van der Waals surface area (Å²) in [7, 11) is 0. The number of nitrogens with zero attached hydrogens (tertiary/aromatic N) is 2. The summed E-state index contributed by atoms with van der Waals surface area (Å²) in [4.78, 5) is 2.30. The van der Waals surface area contributed by atoms with Crippen LogP contribution in [0.4, 0.5) is 0 Å². The molecule has 1 heterocycles. The van der Waals surface area contributed by atoms with Gasteiger partial charge in [0.1, 0.15) is 18.0 Å². The van der Waals surface area contributed by atoms with E-state index in [1.165, 1.54) is 0 Å². The van der Waals surface area contributed by atoms with Crippen molar-refractivity contribution in [1.29, 1.82) is 5.26 Å². The Kier molecular flexibility index (Phi) is 4.28. The minimum atomic E-state index is -0.0422. The van der Waals surface area contributed by atoms with Crippen molar-refractivity contribution >= 4 is 10.8 Å². The summed E-state index contributed by atoms with van der Waals surface area (Å²) in [6.07, 6.45) is -0.0422. The summed E-state index contributed by atoms with van der Waals surface area (Å²) in [6, 6.07) is 12.4. The second-order valence-corrected chi connectivity index (χ2v) is 5.73. The van der Waals surface area contributed by atoms with Crippen LogP contribution in [0.2, 0.25) is 0 Å². The van der Waals surface area contributed by atoms with E-state index in [2.05, 4.69) is 35.3 Å². The van der Waals surface area contributed by atoms with Crippen LogP contribution in [-0.2, 0) is 0 Å². The third-order valence-corrected chi connectivity index (χ3v) is 4.26. The van der Waals surface area contributed by atoms with Gasteiger partial charge in [0.05, 0.1) is 5.56 Å². The van der Waals surface area contributed by atoms with E-state index < -0.39 is 0 Å². The maximum atomic E-state index is 9.53.